The first-order valence-electron chi connectivity index (χ1n) is 11.6. The Morgan fingerprint density at radius 3 is 2.74 bits per heavy atom. The van der Waals surface area contributed by atoms with Crippen LogP contribution in [0.15, 0.2) is 36.8 Å². The van der Waals surface area contributed by atoms with Crippen LogP contribution in [-0.4, -0.2) is 35.7 Å². The Kier molecular flexibility index (Phi) is 5.18. The lowest BCUT2D eigenvalue weighted by Gasteiger charge is -2.28. The molecule has 2 aliphatic rings. The van der Waals surface area contributed by atoms with Gasteiger partial charge in [0.15, 0.2) is 0 Å². The molecular weight excluding hydrogens is 449 g/mol. The predicted octanol–water partition coefficient (Wildman–Crippen LogP) is 3.78. The van der Waals surface area contributed by atoms with Crippen molar-refractivity contribution in [1.82, 2.24) is 29.8 Å². The topological polar surface area (TPSA) is 123 Å². The van der Waals surface area contributed by atoms with Crippen molar-refractivity contribution < 1.29 is 13.9 Å². The first-order valence-corrected chi connectivity index (χ1v) is 11.6. The van der Waals surface area contributed by atoms with Crippen molar-refractivity contribution in [2.24, 2.45) is 0 Å². The molecule has 178 valence electrons. The van der Waals surface area contributed by atoms with Crippen LogP contribution in [0.3, 0.4) is 0 Å². The van der Waals surface area contributed by atoms with E-state index in [2.05, 4.69) is 24.9 Å². The maximum absolute atomic E-state index is 15.0. The third kappa shape index (κ3) is 3.89. The zero-order chi connectivity index (χ0) is 24.1. The van der Waals surface area contributed by atoms with E-state index in [4.69, 9.17) is 10.5 Å². The zero-order valence-electron chi connectivity index (χ0n) is 19.2. The fraction of sp³-hybridized carbons (Fsp3) is 0.320. The lowest BCUT2D eigenvalue weighted by atomic mass is 10.1. The van der Waals surface area contributed by atoms with Crippen LogP contribution >= 0.6 is 0 Å². The van der Waals surface area contributed by atoms with Crippen LogP contribution in [0, 0.1) is 5.82 Å². The second-order valence-electron chi connectivity index (χ2n) is 9.08. The minimum atomic E-state index is -0.536. The number of H-pyrrole nitrogens is 1. The Morgan fingerprint density at radius 2 is 2.00 bits per heavy atom. The van der Waals surface area contributed by atoms with Gasteiger partial charge in [-0.2, -0.15) is 0 Å². The van der Waals surface area contributed by atoms with E-state index in [1.54, 1.807) is 30.7 Å². The van der Waals surface area contributed by atoms with Crippen molar-refractivity contribution >= 4 is 22.8 Å². The van der Waals surface area contributed by atoms with E-state index in [9.17, 15) is 4.79 Å². The molecule has 1 saturated carbocycles. The molecule has 1 aliphatic carbocycles. The van der Waals surface area contributed by atoms with E-state index < -0.39 is 11.9 Å². The summed E-state index contributed by atoms with van der Waals surface area (Å²) in [6, 6.07) is 4.37. The second kappa shape index (κ2) is 8.38. The summed E-state index contributed by atoms with van der Waals surface area (Å²) in [6.45, 7) is 2.56. The first-order chi connectivity index (χ1) is 17.0. The van der Waals surface area contributed by atoms with E-state index in [-0.39, 0.29) is 18.1 Å². The van der Waals surface area contributed by atoms with E-state index >= 15 is 4.39 Å². The molecule has 0 spiro atoms. The molecule has 0 radical (unpaired) electrons. The lowest BCUT2D eigenvalue weighted by Crippen LogP contribution is -2.35. The van der Waals surface area contributed by atoms with Gasteiger partial charge in [0.25, 0.3) is 5.91 Å². The fourth-order valence-electron chi connectivity index (χ4n) is 4.56. The number of rotatable bonds is 6. The molecule has 1 atom stereocenters. The van der Waals surface area contributed by atoms with Gasteiger partial charge in [0.05, 0.1) is 42.5 Å². The molecule has 0 unspecified atom stereocenters. The summed E-state index contributed by atoms with van der Waals surface area (Å²) in [4.78, 5) is 36.0. The highest BCUT2D eigenvalue weighted by atomic mass is 19.1. The standard InChI is InChI=1S/C25H24FN7O2/c1-13(24-28-5-2-6-29-24)33(10-21-18(26)7-15(9-30-21)14-3-4-14)25(34)20-8-19-22(31-20)16-11-35-12-17(16)23(27)32-19/h2,5-9,13-14,31H,3-4,10-12H2,1H3,(H2,27,32)/t13-/m1/s1. The number of hydrogen-bond acceptors (Lipinski definition) is 7. The highest BCUT2D eigenvalue weighted by Gasteiger charge is 2.30. The minimum Gasteiger partial charge on any atom is -0.383 e. The molecule has 5 heterocycles. The van der Waals surface area contributed by atoms with Crippen LogP contribution in [0.25, 0.3) is 11.0 Å². The number of nitrogens with zero attached hydrogens (tertiary/aromatic N) is 5. The normalized spacial score (nSPS) is 15.8. The minimum absolute atomic E-state index is 0.0405. The quantitative estimate of drug-likeness (QED) is 0.437. The van der Waals surface area contributed by atoms with Gasteiger partial charge < -0.3 is 20.4 Å². The molecule has 1 fully saturated rings. The maximum Gasteiger partial charge on any atom is 0.271 e. The number of anilines is 1. The molecule has 0 bridgehead atoms. The number of pyridine rings is 2. The van der Waals surface area contributed by atoms with Gasteiger partial charge >= 0.3 is 0 Å². The van der Waals surface area contributed by atoms with Gasteiger partial charge in [0.2, 0.25) is 0 Å². The molecule has 0 aromatic carbocycles. The number of fused-ring (bicyclic) bond motifs is 3. The molecule has 1 amide bonds. The average molecular weight is 474 g/mol. The third-order valence-corrected chi connectivity index (χ3v) is 6.73. The molecule has 6 rings (SSSR count). The van der Waals surface area contributed by atoms with E-state index in [1.165, 1.54) is 11.0 Å². The molecular formula is C25H24FN7O2. The van der Waals surface area contributed by atoms with Crippen LogP contribution in [0.1, 0.15) is 70.4 Å². The van der Waals surface area contributed by atoms with Crippen molar-refractivity contribution in [3.05, 3.63) is 76.5 Å². The Labute approximate surface area is 200 Å². The van der Waals surface area contributed by atoms with E-state index in [1.807, 2.05) is 6.92 Å². The molecule has 4 aromatic rings. The average Bonchev–Trinajstić information content (AvgIpc) is 3.43. The molecule has 9 nitrogen and oxygen atoms in total. The number of aromatic nitrogens is 5. The van der Waals surface area contributed by atoms with Gasteiger partial charge in [0.1, 0.15) is 23.2 Å². The second-order valence-corrected chi connectivity index (χ2v) is 9.08. The number of carbonyl (C=O) groups is 1. The lowest BCUT2D eigenvalue weighted by molar-refractivity contribution is 0.0656. The van der Waals surface area contributed by atoms with Crippen LogP contribution < -0.4 is 5.73 Å². The van der Waals surface area contributed by atoms with Crippen LogP contribution in [0.2, 0.25) is 0 Å². The number of halogens is 1. The first kappa shape index (κ1) is 21.6. The highest BCUT2D eigenvalue weighted by molar-refractivity contribution is 5.98. The Hall–Kier alpha value is -3.92. The number of hydrogen-bond donors (Lipinski definition) is 2. The van der Waals surface area contributed by atoms with Crippen molar-refractivity contribution in [3.8, 4) is 0 Å². The number of nitrogens with two attached hydrogens (primary N) is 1. The number of carbonyl (C=O) groups excluding carboxylic acids is 1. The van der Waals surface area contributed by atoms with Gasteiger partial charge in [-0.15, -0.1) is 0 Å². The van der Waals surface area contributed by atoms with Crippen LogP contribution in [-0.2, 0) is 24.5 Å². The van der Waals surface area contributed by atoms with Gasteiger partial charge in [-0.25, -0.2) is 19.3 Å². The summed E-state index contributed by atoms with van der Waals surface area (Å²) in [5.74, 6) is 0.463. The van der Waals surface area contributed by atoms with Gasteiger partial charge in [-0.05, 0) is 49.4 Å². The van der Waals surface area contributed by atoms with Crippen LogP contribution in [0.4, 0.5) is 10.2 Å². The monoisotopic (exact) mass is 473 g/mol. The molecule has 4 aromatic heterocycles. The largest absolute Gasteiger partial charge is 0.383 e. The number of nitrogens with one attached hydrogen (secondary N) is 1. The zero-order valence-corrected chi connectivity index (χ0v) is 19.2. The van der Waals surface area contributed by atoms with Gasteiger partial charge in [0, 0.05) is 29.7 Å². The van der Waals surface area contributed by atoms with Crippen molar-refractivity contribution in [1.29, 1.82) is 0 Å². The molecule has 10 heteroatoms. The molecule has 1 aliphatic heterocycles. The number of aromatic amines is 1. The number of nitrogen functional groups attached to an aromatic ring is 1. The Balaban J connectivity index is 1.38. The number of ether oxygens (including phenoxy) is 1. The summed E-state index contributed by atoms with van der Waals surface area (Å²) < 4.78 is 20.6. The fourth-order valence-corrected chi connectivity index (χ4v) is 4.56. The molecule has 0 saturated heterocycles. The van der Waals surface area contributed by atoms with Crippen molar-refractivity contribution in [2.45, 2.75) is 51.5 Å². The summed E-state index contributed by atoms with van der Waals surface area (Å²) in [5, 5.41) is 0. The smallest absolute Gasteiger partial charge is 0.271 e. The van der Waals surface area contributed by atoms with Crippen LogP contribution in [0.5, 0.6) is 0 Å². The SMILES string of the molecule is C[C@H](c1ncccn1)N(Cc1ncc(C2CC2)cc1F)C(=O)c1cc2nc(N)c3c(c2[nH]1)COC3. The third-order valence-electron chi connectivity index (χ3n) is 6.73. The Bertz CT molecular complexity index is 1440. The van der Waals surface area contributed by atoms with E-state index in [0.29, 0.717) is 42.0 Å². The predicted molar refractivity (Wildman–Crippen MR) is 125 cm³/mol. The maximum atomic E-state index is 15.0. The molecule has 3 N–H and O–H groups in total. The number of amides is 1. The highest BCUT2D eigenvalue weighted by Crippen LogP contribution is 2.40. The summed E-state index contributed by atoms with van der Waals surface area (Å²) in [5.41, 5.74) is 10.5. The molecule has 35 heavy (non-hydrogen) atoms. The summed E-state index contributed by atoms with van der Waals surface area (Å²) >= 11 is 0. The van der Waals surface area contributed by atoms with Gasteiger partial charge in [-0.3, -0.25) is 9.78 Å². The Morgan fingerprint density at radius 1 is 1.23 bits per heavy atom. The van der Waals surface area contributed by atoms with E-state index in [0.717, 1.165) is 35.0 Å². The van der Waals surface area contributed by atoms with Gasteiger partial charge in [-0.1, -0.05) is 0 Å². The summed E-state index contributed by atoms with van der Waals surface area (Å²) in [7, 11) is 0. The van der Waals surface area contributed by atoms with Crippen molar-refractivity contribution in [3.63, 3.8) is 0 Å². The summed E-state index contributed by atoms with van der Waals surface area (Å²) in [6.07, 6.45) is 7.05. The van der Waals surface area contributed by atoms with Crippen molar-refractivity contribution in [2.75, 3.05) is 5.73 Å².